The lowest BCUT2D eigenvalue weighted by atomic mass is 10.1. The summed E-state index contributed by atoms with van der Waals surface area (Å²) in [6, 6.07) is 12.0. The monoisotopic (exact) mass is 512 g/mol. The topological polar surface area (TPSA) is 111 Å². The molecule has 2 aromatic rings. The summed E-state index contributed by atoms with van der Waals surface area (Å²) in [5, 5.41) is 2.34. The largest absolute Gasteiger partial charge is 0.494 e. The van der Waals surface area contributed by atoms with E-state index in [1.54, 1.807) is 48.5 Å². The number of ether oxygens (including phenoxy) is 3. The highest BCUT2D eigenvalue weighted by Crippen LogP contribution is 2.34. The molecule has 0 saturated carbocycles. The van der Waals surface area contributed by atoms with Crippen LogP contribution in [-0.4, -0.2) is 61.7 Å². The van der Waals surface area contributed by atoms with Crippen LogP contribution < -0.4 is 19.5 Å². The van der Waals surface area contributed by atoms with Crippen LogP contribution in [0.3, 0.4) is 0 Å². The van der Waals surface area contributed by atoms with E-state index in [-0.39, 0.29) is 36.4 Å². The number of Topliss-reactive ketones (excluding diaryl/α,β-unsaturated/α-hetero) is 1. The normalized spacial score (nSPS) is 14.2. The molecular weight excluding hydrogens is 484 g/mol. The quantitative estimate of drug-likeness (QED) is 0.259. The molecule has 3 rings (SSSR count). The fraction of sp³-hybridized carbons (Fsp3) is 0.308. The van der Waals surface area contributed by atoms with E-state index in [4.69, 9.17) is 14.2 Å². The molecule has 36 heavy (non-hydrogen) atoms. The summed E-state index contributed by atoms with van der Waals surface area (Å²) in [5.41, 5.74) is 1.31. The molecule has 0 atom stereocenters. The zero-order valence-electron chi connectivity index (χ0n) is 20.4. The van der Waals surface area contributed by atoms with E-state index in [2.05, 4.69) is 5.32 Å². The number of nitrogens with zero attached hydrogens (tertiary/aromatic N) is 1. The lowest BCUT2D eigenvalue weighted by Crippen LogP contribution is -2.37. The van der Waals surface area contributed by atoms with Crippen LogP contribution in [0.1, 0.15) is 35.7 Å². The Bertz CT molecular complexity index is 1160. The number of benzene rings is 2. The molecule has 1 saturated heterocycles. The van der Waals surface area contributed by atoms with Crippen molar-refractivity contribution in [2.45, 2.75) is 19.8 Å². The van der Waals surface area contributed by atoms with Gasteiger partial charge in [0, 0.05) is 25.1 Å². The van der Waals surface area contributed by atoms with Gasteiger partial charge >= 0.3 is 0 Å². The van der Waals surface area contributed by atoms with Gasteiger partial charge in [-0.2, -0.15) is 0 Å². The first kappa shape index (κ1) is 26.8. The highest BCUT2D eigenvalue weighted by atomic mass is 32.2. The van der Waals surface area contributed by atoms with Gasteiger partial charge in [-0.3, -0.25) is 24.1 Å². The van der Waals surface area contributed by atoms with Gasteiger partial charge in [-0.05, 0) is 73.1 Å². The highest BCUT2D eigenvalue weighted by Gasteiger charge is 2.34. The van der Waals surface area contributed by atoms with Crippen molar-refractivity contribution in [1.82, 2.24) is 10.2 Å². The molecule has 0 unspecified atom stereocenters. The molecule has 3 amide bonds. The minimum atomic E-state index is -0.404. The molecule has 0 spiro atoms. The average Bonchev–Trinajstić information content (AvgIpc) is 3.14. The van der Waals surface area contributed by atoms with Gasteiger partial charge in [0.25, 0.3) is 11.1 Å². The summed E-state index contributed by atoms with van der Waals surface area (Å²) in [7, 11) is 3.05. The first-order chi connectivity index (χ1) is 17.3. The summed E-state index contributed by atoms with van der Waals surface area (Å²) < 4.78 is 16.1. The van der Waals surface area contributed by atoms with Gasteiger partial charge in [0.2, 0.25) is 5.91 Å². The fourth-order valence-electron chi connectivity index (χ4n) is 3.39. The highest BCUT2D eigenvalue weighted by molar-refractivity contribution is 8.18. The van der Waals surface area contributed by atoms with Crippen LogP contribution >= 0.6 is 11.8 Å². The van der Waals surface area contributed by atoms with Gasteiger partial charge in [-0.25, -0.2) is 0 Å². The Labute approximate surface area is 213 Å². The smallest absolute Gasteiger partial charge is 0.293 e. The van der Waals surface area contributed by atoms with Crippen molar-refractivity contribution in [2.75, 3.05) is 33.9 Å². The summed E-state index contributed by atoms with van der Waals surface area (Å²) in [6.45, 7) is 2.09. The molecule has 9 nitrogen and oxygen atoms in total. The molecule has 1 heterocycles. The van der Waals surface area contributed by atoms with Gasteiger partial charge in [0.05, 0.1) is 25.7 Å². The zero-order chi connectivity index (χ0) is 26.1. The van der Waals surface area contributed by atoms with Crippen LogP contribution in [0.4, 0.5) is 4.79 Å². The van der Waals surface area contributed by atoms with E-state index in [1.807, 2.05) is 0 Å². The molecule has 1 aliphatic heterocycles. The number of methoxy groups -OCH3 is 2. The molecular formula is C26H28N2O7S. The fourth-order valence-corrected chi connectivity index (χ4v) is 4.26. The molecule has 0 bridgehead atoms. The molecule has 0 aliphatic carbocycles. The van der Waals surface area contributed by atoms with Gasteiger partial charge in [-0.15, -0.1) is 0 Å². The number of thioether (sulfide) groups is 1. The van der Waals surface area contributed by atoms with Crippen molar-refractivity contribution in [1.29, 1.82) is 0 Å². The number of carbonyl (C=O) groups is 4. The van der Waals surface area contributed by atoms with Gasteiger partial charge in [-0.1, -0.05) is 6.07 Å². The van der Waals surface area contributed by atoms with E-state index in [1.165, 1.54) is 21.1 Å². The van der Waals surface area contributed by atoms with Crippen molar-refractivity contribution in [3.8, 4) is 17.2 Å². The van der Waals surface area contributed by atoms with E-state index in [0.717, 1.165) is 16.7 Å². The summed E-state index contributed by atoms with van der Waals surface area (Å²) in [5.74, 6) is 1.09. The minimum absolute atomic E-state index is 0.0145. The van der Waals surface area contributed by atoms with E-state index >= 15 is 0 Å². The molecule has 0 radical (unpaired) electrons. The molecule has 1 fully saturated rings. The molecule has 2 aromatic carbocycles. The maximum absolute atomic E-state index is 12.7. The van der Waals surface area contributed by atoms with Crippen molar-refractivity contribution in [2.24, 2.45) is 0 Å². The number of amides is 3. The Morgan fingerprint density at radius 2 is 1.75 bits per heavy atom. The first-order valence-corrected chi connectivity index (χ1v) is 12.1. The third-order valence-electron chi connectivity index (χ3n) is 5.31. The third-order valence-corrected chi connectivity index (χ3v) is 6.22. The van der Waals surface area contributed by atoms with Gasteiger partial charge in [0.15, 0.2) is 17.3 Å². The first-order valence-electron chi connectivity index (χ1n) is 11.3. The lowest BCUT2D eigenvalue weighted by molar-refractivity contribution is -0.124. The molecule has 190 valence electrons. The second kappa shape index (κ2) is 12.8. The van der Waals surface area contributed by atoms with Crippen LogP contribution in [0.25, 0.3) is 6.08 Å². The van der Waals surface area contributed by atoms with Crippen molar-refractivity contribution < 1.29 is 33.4 Å². The van der Waals surface area contributed by atoms with Crippen molar-refractivity contribution in [3.05, 3.63) is 58.5 Å². The third kappa shape index (κ3) is 7.11. The van der Waals surface area contributed by atoms with E-state index in [9.17, 15) is 19.2 Å². The Balaban J connectivity index is 1.41. The summed E-state index contributed by atoms with van der Waals surface area (Å²) in [6.07, 6.45) is 2.36. The number of hydrogen-bond acceptors (Lipinski definition) is 8. The standard InChI is InChI=1S/C26H28N2O7S/c1-17(29)19-7-9-20(10-8-19)35-14-4-5-24(30)27-12-13-28-25(31)23(36-26(28)32)16-18-6-11-21(33-2)22(15-18)34-3/h6-11,15-16H,4-5,12-14H2,1-3H3,(H,27,30)/b23-16-. The molecule has 0 aromatic heterocycles. The SMILES string of the molecule is COc1ccc(/C=C2\SC(=O)N(CCNC(=O)CCCOc3ccc(C(C)=O)cc3)C2=O)cc1OC. The maximum atomic E-state index is 12.7. The van der Waals surface area contributed by atoms with Crippen molar-refractivity contribution in [3.63, 3.8) is 0 Å². The van der Waals surface area contributed by atoms with E-state index in [0.29, 0.717) is 46.3 Å². The molecule has 10 heteroatoms. The average molecular weight is 513 g/mol. The molecule has 1 aliphatic rings. The Hall–Kier alpha value is -3.79. The van der Waals surface area contributed by atoms with Crippen molar-refractivity contribution >= 4 is 40.7 Å². The number of ketones is 1. The van der Waals surface area contributed by atoms with Crippen LogP contribution in [-0.2, 0) is 9.59 Å². The lowest BCUT2D eigenvalue weighted by Gasteiger charge is -2.13. The Kier molecular flexibility index (Phi) is 9.52. The number of rotatable bonds is 12. The number of carbonyl (C=O) groups excluding carboxylic acids is 4. The van der Waals surface area contributed by atoms with Crippen LogP contribution in [0.15, 0.2) is 47.4 Å². The summed E-state index contributed by atoms with van der Waals surface area (Å²) >= 11 is 0.855. The number of hydrogen-bond donors (Lipinski definition) is 1. The Morgan fingerprint density at radius 1 is 1.03 bits per heavy atom. The predicted molar refractivity (Wildman–Crippen MR) is 136 cm³/mol. The number of nitrogens with one attached hydrogen (secondary N) is 1. The zero-order valence-corrected chi connectivity index (χ0v) is 21.2. The second-order valence-electron chi connectivity index (χ2n) is 7.83. The predicted octanol–water partition coefficient (Wildman–Crippen LogP) is 3.92. The summed E-state index contributed by atoms with van der Waals surface area (Å²) in [4.78, 5) is 49.8. The van der Waals surface area contributed by atoms with Gasteiger partial charge in [0.1, 0.15) is 5.75 Å². The van der Waals surface area contributed by atoms with Crippen LogP contribution in [0.5, 0.6) is 17.2 Å². The molecule has 1 N–H and O–H groups in total. The van der Waals surface area contributed by atoms with E-state index < -0.39 is 5.91 Å². The maximum Gasteiger partial charge on any atom is 0.293 e. The number of imide groups is 1. The van der Waals surface area contributed by atoms with Crippen LogP contribution in [0, 0.1) is 0 Å². The van der Waals surface area contributed by atoms with Crippen LogP contribution in [0.2, 0.25) is 0 Å². The minimum Gasteiger partial charge on any atom is -0.494 e. The van der Waals surface area contributed by atoms with Gasteiger partial charge < -0.3 is 19.5 Å². The Morgan fingerprint density at radius 3 is 2.42 bits per heavy atom. The second-order valence-corrected chi connectivity index (χ2v) is 8.82.